The van der Waals surface area contributed by atoms with Crippen LogP contribution >= 0.6 is 0 Å². The topological polar surface area (TPSA) is 123 Å². The van der Waals surface area contributed by atoms with Gasteiger partial charge in [-0.15, -0.1) is 0 Å². The van der Waals surface area contributed by atoms with Gasteiger partial charge in [0.25, 0.3) is 0 Å². The number of hydrogen-bond donors (Lipinski definition) is 3. The molecule has 0 saturated carbocycles. The molecule has 1 heterocycles. The number of aryl methyl sites for hydroxylation is 1. The highest BCUT2D eigenvalue weighted by Gasteiger charge is 2.28. The second kappa shape index (κ2) is 5.84. The van der Waals surface area contributed by atoms with Gasteiger partial charge in [-0.1, -0.05) is 0 Å². The first-order valence-corrected chi connectivity index (χ1v) is 6.24. The van der Waals surface area contributed by atoms with E-state index in [1.54, 1.807) is 31.2 Å². The summed E-state index contributed by atoms with van der Waals surface area (Å²) in [5, 5.41) is 18.5. The van der Waals surface area contributed by atoms with Crippen LogP contribution in [0.25, 0.3) is 11.0 Å². The van der Waals surface area contributed by atoms with Crippen LogP contribution in [0.3, 0.4) is 0 Å². The lowest BCUT2D eigenvalue weighted by molar-refractivity contribution is -0.143. The molecule has 0 spiro atoms. The van der Waals surface area contributed by atoms with E-state index in [0.717, 1.165) is 11.1 Å². The van der Waals surface area contributed by atoms with Gasteiger partial charge in [-0.2, -0.15) is 0 Å². The Morgan fingerprint density at radius 3 is 2.67 bits per heavy atom. The number of carbonyl (C=O) groups is 2. The molecule has 0 fully saturated rings. The van der Waals surface area contributed by atoms with E-state index in [-0.39, 0.29) is 0 Å². The Hall–Kier alpha value is -2.54. The molecule has 1 unspecified atom stereocenters. The molecule has 0 aliphatic rings. The maximum atomic E-state index is 10.9. The van der Waals surface area contributed by atoms with Gasteiger partial charge in [0.05, 0.1) is 6.42 Å². The van der Waals surface area contributed by atoms with Crippen molar-refractivity contribution in [3.63, 3.8) is 0 Å². The zero-order chi connectivity index (χ0) is 15.6. The third-order valence-corrected chi connectivity index (χ3v) is 2.96. The van der Waals surface area contributed by atoms with Gasteiger partial charge in [0.15, 0.2) is 0 Å². The average molecular weight is 293 g/mol. The van der Waals surface area contributed by atoms with Crippen molar-refractivity contribution in [2.45, 2.75) is 25.5 Å². The number of ether oxygens (including phenoxy) is 1. The summed E-state index contributed by atoms with van der Waals surface area (Å²) >= 11 is 0. The van der Waals surface area contributed by atoms with Crippen LogP contribution in [0.1, 0.15) is 12.2 Å². The van der Waals surface area contributed by atoms with E-state index in [1.165, 1.54) is 0 Å². The van der Waals surface area contributed by atoms with Gasteiger partial charge < -0.3 is 25.1 Å². The highest BCUT2D eigenvalue weighted by molar-refractivity contribution is 5.80. The van der Waals surface area contributed by atoms with Gasteiger partial charge in [-0.25, -0.2) is 0 Å². The normalized spacial score (nSPS) is 13.8. The first-order chi connectivity index (χ1) is 9.86. The fraction of sp³-hybridized carbons (Fsp3) is 0.286. The molecule has 21 heavy (non-hydrogen) atoms. The first-order valence-electron chi connectivity index (χ1n) is 6.24. The zero-order valence-corrected chi connectivity index (χ0v) is 11.3. The Bertz CT molecular complexity index is 677. The highest BCUT2D eigenvalue weighted by Crippen LogP contribution is 2.25. The second-order valence-electron chi connectivity index (χ2n) is 4.67. The Morgan fingerprint density at radius 1 is 1.33 bits per heavy atom. The summed E-state index contributed by atoms with van der Waals surface area (Å²) in [5.41, 5.74) is 6.13. The molecule has 0 saturated heterocycles. The van der Waals surface area contributed by atoms with Crippen molar-refractivity contribution < 1.29 is 29.0 Å². The van der Waals surface area contributed by atoms with Crippen molar-refractivity contribution in [2.75, 3.05) is 0 Å². The average Bonchev–Trinajstić information content (AvgIpc) is 2.75. The Labute approximate surface area is 119 Å². The fourth-order valence-corrected chi connectivity index (χ4v) is 1.98. The fourth-order valence-electron chi connectivity index (χ4n) is 1.98. The third-order valence-electron chi connectivity index (χ3n) is 2.96. The van der Waals surface area contributed by atoms with Gasteiger partial charge in [-0.05, 0) is 31.2 Å². The van der Waals surface area contributed by atoms with Gasteiger partial charge in [0, 0.05) is 5.39 Å². The van der Waals surface area contributed by atoms with Crippen molar-refractivity contribution in [3.8, 4) is 5.75 Å². The number of nitrogens with two attached hydrogens (primary N) is 1. The second-order valence-corrected chi connectivity index (χ2v) is 4.67. The summed E-state index contributed by atoms with van der Waals surface area (Å²) in [7, 11) is 0. The van der Waals surface area contributed by atoms with Crippen LogP contribution in [-0.2, 0) is 9.59 Å². The van der Waals surface area contributed by atoms with Crippen LogP contribution in [0.15, 0.2) is 28.7 Å². The number of aliphatic carboxylic acids is 2. The predicted octanol–water partition coefficient (Wildman–Crippen LogP) is 1.38. The van der Waals surface area contributed by atoms with Crippen molar-refractivity contribution in [1.82, 2.24) is 0 Å². The minimum Gasteiger partial charge on any atom is -0.488 e. The number of hydrogen-bond acceptors (Lipinski definition) is 5. The molecule has 1 aromatic heterocycles. The van der Waals surface area contributed by atoms with E-state index >= 15 is 0 Å². The molecule has 7 nitrogen and oxygen atoms in total. The largest absolute Gasteiger partial charge is 0.488 e. The van der Waals surface area contributed by atoms with Crippen molar-refractivity contribution in [1.29, 1.82) is 0 Å². The van der Waals surface area contributed by atoms with Crippen LogP contribution in [0.2, 0.25) is 0 Å². The van der Waals surface area contributed by atoms with Gasteiger partial charge >= 0.3 is 11.9 Å². The van der Waals surface area contributed by atoms with E-state index in [0.29, 0.717) is 11.3 Å². The minimum absolute atomic E-state index is 0.339. The number of benzene rings is 1. The molecule has 0 aliphatic heterocycles. The van der Waals surface area contributed by atoms with Crippen LogP contribution in [0.4, 0.5) is 0 Å². The van der Waals surface area contributed by atoms with Crippen molar-refractivity contribution >= 4 is 22.9 Å². The van der Waals surface area contributed by atoms with Crippen LogP contribution in [0, 0.1) is 6.92 Å². The molecule has 112 valence electrons. The minimum atomic E-state index is -1.43. The summed E-state index contributed by atoms with van der Waals surface area (Å²) in [4.78, 5) is 21.7. The summed E-state index contributed by atoms with van der Waals surface area (Å²) in [6.07, 6.45) is -1.67. The van der Waals surface area contributed by atoms with Gasteiger partial charge in [0.2, 0.25) is 0 Å². The van der Waals surface area contributed by atoms with E-state index in [4.69, 9.17) is 25.1 Å². The molecule has 2 aromatic rings. The molecular weight excluding hydrogens is 278 g/mol. The van der Waals surface area contributed by atoms with E-state index < -0.39 is 30.5 Å². The number of carboxylic acids is 2. The molecule has 2 atom stereocenters. The van der Waals surface area contributed by atoms with Crippen molar-refractivity contribution in [3.05, 3.63) is 30.0 Å². The van der Waals surface area contributed by atoms with Crippen LogP contribution < -0.4 is 10.5 Å². The maximum absolute atomic E-state index is 10.9. The lowest BCUT2D eigenvalue weighted by atomic mass is 10.1. The SMILES string of the molecule is Cc1cc2cc(OC(CC(=O)O)[C@H](N)C(=O)O)ccc2o1. The lowest BCUT2D eigenvalue weighted by Crippen LogP contribution is -2.46. The van der Waals surface area contributed by atoms with E-state index in [9.17, 15) is 9.59 Å². The highest BCUT2D eigenvalue weighted by atomic mass is 16.5. The Morgan fingerprint density at radius 2 is 2.05 bits per heavy atom. The molecule has 1 aromatic carbocycles. The number of rotatable bonds is 6. The smallest absolute Gasteiger partial charge is 0.324 e. The molecule has 4 N–H and O–H groups in total. The zero-order valence-electron chi connectivity index (χ0n) is 11.3. The monoisotopic (exact) mass is 293 g/mol. The molecule has 0 radical (unpaired) electrons. The summed E-state index contributed by atoms with van der Waals surface area (Å²) < 4.78 is 10.8. The van der Waals surface area contributed by atoms with Crippen LogP contribution in [0.5, 0.6) is 5.75 Å². The third kappa shape index (κ3) is 3.51. The number of carboxylic acid groups (broad SMARTS) is 2. The molecule has 0 aliphatic carbocycles. The standard InChI is InChI=1S/C14H15NO6/c1-7-4-8-5-9(2-3-10(8)20-7)21-11(6-12(16)17)13(15)14(18)19/h2-5,11,13H,6,15H2,1H3,(H,16,17)(H,18,19)/t11?,13-/m0/s1. The maximum Gasteiger partial charge on any atom is 0.324 e. The summed E-state index contributed by atoms with van der Waals surface area (Å²) in [5.74, 6) is -1.43. The quantitative estimate of drug-likeness (QED) is 0.735. The molecule has 7 heteroatoms. The van der Waals surface area contributed by atoms with E-state index in [2.05, 4.69) is 0 Å². The molecular formula is C14H15NO6. The van der Waals surface area contributed by atoms with Gasteiger partial charge in [0.1, 0.15) is 29.2 Å². The van der Waals surface area contributed by atoms with E-state index in [1.807, 2.05) is 0 Å². The Balaban J connectivity index is 2.24. The number of fused-ring (bicyclic) bond motifs is 1. The Kier molecular flexibility index (Phi) is 4.13. The van der Waals surface area contributed by atoms with Crippen molar-refractivity contribution in [2.24, 2.45) is 5.73 Å². The first kappa shape index (κ1) is 14.9. The molecule has 0 bridgehead atoms. The number of furan rings is 1. The summed E-state index contributed by atoms with van der Waals surface area (Å²) in [6, 6.07) is 5.26. The van der Waals surface area contributed by atoms with Crippen LogP contribution in [-0.4, -0.2) is 34.3 Å². The predicted molar refractivity (Wildman–Crippen MR) is 73.2 cm³/mol. The molecule has 0 amide bonds. The summed E-state index contributed by atoms with van der Waals surface area (Å²) in [6.45, 7) is 1.80. The van der Waals surface area contributed by atoms with Gasteiger partial charge in [-0.3, -0.25) is 9.59 Å². The lowest BCUT2D eigenvalue weighted by Gasteiger charge is -2.20. The molecule has 2 rings (SSSR count).